The van der Waals surface area contributed by atoms with E-state index < -0.39 is 0 Å². The van der Waals surface area contributed by atoms with Crippen molar-refractivity contribution in [3.05, 3.63) is 72.1 Å². The van der Waals surface area contributed by atoms with E-state index in [1.165, 1.54) is 16.2 Å². The molecule has 0 saturated carbocycles. The predicted octanol–water partition coefficient (Wildman–Crippen LogP) is 5.98. The lowest BCUT2D eigenvalue weighted by atomic mass is 10.1. The van der Waals surface area contributed by atoms with Crippen LogP contribution in [0.25, 0.3) is 10.2 Å². The van der Waals surface area contributed by atoms with Gasteiger partial charge in [-0.1, -0.05) is 43.4 Å². The molecule has 0 N–H and O–H groups in total. The minimum Gasteiger partial charge on any atom is -0.495 e. The molecule has 2 aromatic heterocycles. The van der Waals surface area contributed by atoms with Crippen LogP contribution in [0.15, 0.2) is 65.8 Å². The van der Waals surface area contributed by atoms with Crippen LogP contribution in [0.1, 0.15) is 25.0 Å². The molecule has 0 aliphatic heterocycles. The summed E-state index contributed by atoms with van der Waals surface area (Å²) in [5.41, 5.74) is 2.57. The Bertz CT molecular complexity index is 1220. The second-order valence-corrected chi connectivity index (χ2v) is 10.6. The molecule has 0 bridgehead atoms. The molecular weight excluding hydrogens is 466 g/mol. The molecule has 2 heterocycles. The van der Waals surface area contributed by atoms with Crippen LogP contribution >= 0.6 is 23.1 Å². The van der Waals surface area contributed by atoms with Gasteiger partial charge in [-0.3, -0.25) is 14.7 Å². The van der Waals surface area contributed by atoms with Gasteiger partial charge in [0.1, 0.15) is 21.7 Å². The number of methoxy groups -OCH3 is 2. The largest absolute Gasteiger partial charge is 0.495 e. The molecule has 0 spiro atoms. The minimum absolute atomic E-state index is 0.0369. The number of hydrogen-bond acceptors (Lipinski definition) is 7. The van der Waals surface area contributed by atoms with Crippen molar-refractivity contribution in [2.45, 2.75) is 37.0 Å². The summed E-state index contributed by atoms with van der Waals surface area (Å²) in [5, 5.41) is 1.11. The molecule has 0 saturated heterocycles. The highest BCUT2D eigenvalue weighted by atomic mass is 32.2. The Hall–Kier alpha value is -3.10. The van der Waals surface area contributed by atoms with Gasteiger partial charge in [-0.15, -0.1) is 11.8 Å². The third kappa shape index (κ3) is 5.51. The van der Waals surface area contributed by atoms with Crippen molar-refractivity contribution in [3.8, 4) is 11.5 Å². The smallest absolute Gasteiger partial charge is 0.233 e. The summed E-state index contributed by atoms with van der Waals surface area (Å²) in [5.74, 6) is 1.31. The quantitative estimate of drug-likeness (QED) is 0.267. The van der Waals surface area contributed by atoms with Crippen LogP contribution in [0.2, 0.25) is 0 Å². The summed E-state index contributed by atoms with van der Waals surface area (Å²) in [7, 11) is 3.24. The summed E-state index contributed by atoms with van der Waals surface area (Å²) < 4.78 is 11.9. The molecule has 0 unspecified atom stereocenters. The molecule has 2 aromatic carbocycles. The van der Waals surface area contributed by atoms with Gasteiger partial charge in [0.15, 0.2) is 5.13 Å². The monoisotopic (exact) mass is 493 g/mol. The Morgan fingerprint density at radius 1 is 1.03 bits per heavy atom. The first-order chi connectivity index (χ1) is 16.5. The molecule has 0 radical (unpaired) electrons. The van der Waals surface area contributed by atoms with Crippen molar-refractivity contribution in [3.63, 3.8) is 0 Å². The number of nitrogens with zero attached hydrogens (tertiary/aromatic N) is 3. The summed E-state index contributed by atoms with van der Waals surface area (Å²) in [4.78, 5) is 25.5. The third-order valence-electron chi connectivity index (χ3n) is 5.14. The van der Waals surface area contributed by atoms with Crippen molar-refractivity contribution in [2.24, 2.45) is 0 Å². The van der Waals surface area contributed by atoms with E-state index in [4.69, 9.17) is 14.5 Å². The van der Waals surface area contributed by atoms with E-state index in [1.807, 2.05) is 36.4 Å². The number of carbonyl (C=O) groups is 1. The second kappa shape index (κ2) is 10.9. The molecule has 0 aliphatic carbocycles. The number of carbonyl (C=O) groups excluding carboxylic acids is 1. The van der Waals surface area contributed by atoms with E-state index in [0.29, 0.717) is 33.9 Å². The molecule has 6 nitrogen and oxygen atoms in total. The average Bonchev–Trinajstić information content (AvgIpc) is 3.28. The van der Waals surface area contributed by atoms with Gasteiger partial charge >= 0.3 is 0 Å². The summed E-state index contributed by atoms with van der Waals surface area (Å²) in [6.07, 6.45) is 3.77. The number of anilines is 1. The van der Waals surface area contributed by atoms with Crippen LogP contribution < -0.4 is 14.4 Å². The number of thioether (sulfide) groups is 1. The fourth-order valence-corrected chi connectivity index (χ4v) is 5.48. The highest BCUT2D eigenvalue weighted by Crippen LogP contribution is 2.40. The van der Waals surface area contributed by atoms with Crippen LogP contribution in [0, 0.1) is 0 Å². The molecule has 0 atom stereocenters. The number of aromatic nitrogens is 2. The fraction of sp³-hybridized carbons (Fsp3) is 0.269. The maximum Gasteiger partial charge on any atom is 0.233 e. The molecule has 0 aliphatic rings. The molecule has 8 heteroatoms. The molecule has 34 heavy (non-hydrogen) atoms. The van der Waals surface area contributed by atoms with Gasteiger partial charge in [-0.2, -0.15) is 0 Å². The summed E-state index contributed by atoms with van der Waals surface area (Å²) in [6.45, 7) is 4.71. The van der Waals surface area contributed by atoms with Gasteiger partial charge in [0.25, 0.3) is 0 Å². The molecule has 4 rings (SSSR count). The maximum absolute atomic E-state index is 13.6. The van der Waals surface area contributed by atoms with Gasteiger partial charge in [0.05, 0.1) is 27.2 Å². The van der Waals surface area contributed by atoms with Gasteiger partial charge in [-0.25, -0.2) is 4.98 Å². The number of amides is 1. The molecule has 176 valence electrons. The topological polar surface area (TPSA) is 64.6 Å². The van der Waals surface area contributed by atoms with Gasteiger partial charge < -0.3 is 9.47 Å². The molecule has 1 amide bonds. The Labute approximate surface area is 207 Å². The lowest BCUT2D eigenvalue weighted by Crippen LogP contribution is -2.31. The first kappa shape index (κ1) is 24.0. The SMILES string of the molecule is COc1ccc(OC)c2sc(N(Cc3cccnc3)C(=O)Cc3ccc(SC(C)C)cc3)nc12. The van der Waals surface area contributed by atoms with E-state index in [0.717, 1.165) is 15.8 Å². The Morgan fingerprint density at radius 2 is 1.76 bits per heavy atom. The third-order valence-corrected chi connectivity index (χ3v) is 7.25. The number of thiazole rings is 1. The van der Waals surface area contributed by atoms with Crippen LogP contribution in [-0.2, 0) is 17.8 Å². The number of hydrogen-bond donors (Lipinski definition) is 0. The van der Waals surface area contributed by atoms with Crippen LogP contribution in [0.3, 0.4) is 0 Å². The Morgan fingerprint density at radius 3 is 2.41 bits per heavy atom. The highest BCUT2D eigenvalue weighted by molar-refractivity contribution is 7.99. The first-order valence-electron chi connectivity index (χ1n) is 10.9. The van der Waals surface area contributed by atoms with E-state index >= 15 is 0 Å². The van der Waals surface area contributed by atoms with Crippen molar-refractivity contribution in [1.82, 2.24) is 9.97 Å². The number of ether oxygens (including phenoxy) is 2. The zero-order valence-electron chi connectivity index (χ0n) is 19.6. The number of benzene rings is 2. The molecule has 0 fully saturated rings. The zero-order valence-corrected chi connectivity index (χ0v) is 21.3. The number of pyridine rings is 1. The first-order valence-corrected chi connectivity index (χ1v) is 12.6. The number of fused-ring (bicyclic) bond motifs is 1. The van der Waals surface area contributed by atoms with E-state index in [9.17, 15) is 4.79 Å². The van der Waals surface area contributed by atoms with Crippen LogP contribution in [0.4, 0.5) is 5.13 Å². The van der Waals surface area contributed by atoms with E-state index in [1.54, 1.807) is 43.3 Å². The van der Waals surface area contributed by atoms with Gasteiger partial charge in [-0.05, 0) is 41.5 Å². The second-order valence-electron chi connectivity index (χ2n) is 7.97. The molecule has 4 aromatic rings. The predicted molar refractivity (Wildman–Crippen MR) is 139 cm³/mol. The Kier molecular flexibility index (Phi) is 7.70. The van der Waals surface area contributed by atoms with E-state index in [2.05, 4.69) is 31.0 Å². The zero-order chi connectivity index (χ0) is 24.1. The fourth-order valence-electron chi connectivity index (χ4n) is 3.55. The van der Waals surface area contributed by atoms with Crippen molar-refractivity contribution >= 4 is 44.4 Å². The highest BCUT2D eigenvalue weighted by Gasteiger charge is 2.23. The lowest BCUT2D eigenvalue weighted by Gasteiger charge is -2.20. The van der Waals surface area contributed by atoms with Crippen molar-refractivity contribution in [1.29, 1.82) is 0 Å². The van der Waals surface area contributed by atoms with Crippen molar-refractivity contribution < 1.29 is 14.3 Å². The van der Waals surface area contributed by atoms with Gasteiger partial charge in [0, 0.05) is 22.5 Å². The average molecular weight is 494 g/mol. The standard InChI is InChI=1S/C26H27N3O3S2/c1-17(2)33-20-9-7-18(8-10-20)14-23(30)29(16-19-6-5-13-27-15-19)26-28-24-21(31-3)11-12-22(32-4)25(24)34-26/h5-13,15,17H,14,16H2,1-4H3. The molecular formula is C26H27N3O3S2. The Balaban J connectivity index is 1.67. The van der Waals surface area contributed by atoms with Crippen LogP contribution in [0.5, 0.6) is 11.5 Å². The van der Waals surface area contributed by atoms with E-state index in [-0.39, 0.29) is 12.3 Å². The van der Waals surface area contributed by atoms with Crippen LogP contribution in [-0.4, -0.2) is 35.3 Å². The normalized spacial score (nSPS) is 11.1. The minimum atomic E-state index is -0.0369. The van der Waals surface area contributed by atoms with Crippen molar-refractivity contribution in [2.75, 3.05) is 19.1 Å². The number of rotatable bonds is 9. The maximum atomic E-state index is 13.6. The summed E-state index contributed by atoms with van der Waals surface area (Å²) in [6, 6.07) is 15.7. The summed E-state index contributed by atoms with van der Waals surface area (Å²) >= 11 is 3.22. The van der Waals surface area contributed by atoms with Gasteiger partial charge in [0.2, 0.25) is 5.91 Å². The lowest BCUT2D eigenvalue weighted by molar-refractivity contribution is -0.118.